The molecule has 0 radical (unpaired) electrons. The molecule has 2 amide bonds. The number of esters is 1. The van der Waals surface area contributed by atoms with E-state index in [2.05, 4.69) is 16.0 Å². The number of rotatable bonds is 10. The van der Waals surface area contributed by atoms with Gasteiger partial charge in [-0.2, -0.15) is 0 Å². The summed E-state index contributed by atoms with van der Waals surface area (Å²) in [7, 11) is 2.90. The molecule has 1 saturated heterocycles. The maximum absolute atomic E-state index is 13.2. The summed E-state index contributed by atoms with van der Waals surface area (Å²) < 4.78 is 15.0. The van der Waals surface area contributed by atoms with E-state index in [1.807, 2.05) is 32.0 Å². The van der Waals surface area contributed by atoms with Gasteiger partial charge in [0.1, 0.15) is 23.6 Å². The Morgan fingerprint density at radius 3 is 2.34 bits per heavy atom. The second-order valence-electron chi connectivity index (χ2n) is 8.48. The lowest BCUT2D eigenvalue weighted by atomic mass is 10.0. The number of amides is 2. The smallest absolute Gasteiger partial charge is 0.324 e. The van der Waals surface area contributed by atoms with Crippen molar-refractivity contribution < 1.29 is 28.6 Å². The van der Waals surface area contributed by atoms with Crippen LogP contribution in [0.2, 0.25) is 0 Å². The first-order valence-electron chi connectivity index (χ1n) is 11.1. The summed E-state index contributed by atoms with van der Waals surface area (Å²) in [5.41, 5.74) is 0.872. The van der Waals surface area contributed by atoms with Crippen molar-refractivity contribution in [2.75, 3.05) is 20.8 Å². The quantitative estimate of drug-likeness (QED) is 0.423. The third-order valence-corrected chi connectivity index (χ3v) is 7.04. The van der Waals surface area contributed by atoms with E-state index in [9.17, 15) is 14.4 Å². The molecule has 3 rings (SSSR count). The number of thioether (sulfide) groups is 1. The van der Waals surface area contributed by atoms with Gasteiger partial charge in [0.25, 0.3) is 5.91 Å². The number of nitrogens with one attached hydrogen (secondary N) is 3. The second kappa shape index (κ2) is 11.9. The maximum Gasteiger partial charge on any atom is 0.324 e. The maximum atomic E-state index is 13.2. The largest absolute Gasteiger partial charge is 0.497 e. The van der Waals surface area contributed by atoms with Gasteiger partial charge in [-0.3, -0.25) is 19.7 Å². The van der Waals surface area contributed by atoms with Gasteiger partial charge in [0.05, 0.1) is 19.6 Å². The molecule has 0 saturated carbocycles. The predicted octanol–water partition coefficient (Wildman–Crippen LogP) is 1.86. The summed E-state index contributed by atoms with van der Waals surface area (Å²) in [6, 6.07) is 14.6. The fraction of sp³-hybridized carbons (Fsp3) is 0.400. The van der Waals surface area contributed by atoms with E-state index in [-0.39, 0.29) is 19.1 Å². The van der Waals surface area contributed by atoms with Gasteiger partial charge >= 0.3 is 5.97 Å². The van der Waals surface area contributed by atoms with E-state index in [1.165, 1.54) is 18.9 Å². The summed E-state index contributed by atoms with van der Waals surface area (Å²) in [6.45, 7) is 3.78. The molecule has 0 aliphatic carbocycles. The van der Waals surface area contributed by atoms with E-state index in [4.69, 9.17) is 14.2 Å². The fourth-order valence-electron chi connectivity index (χ4n) is 3.63. The van der Waals surface area contributed by atoms with Crippen molar-refractivity contribution in [2.24, 2.45) is 0 Å². The Morgan fingerprint density at radius 1 is 1.03 bits per heavy atom. The first kappa shape index (κ1) is 26.4. The van der Waals surface area contributed by atoms with Crippen molar-refractivity contribution in [3.8, 4) is 11.5 Å². The molecule has 35 heavy (non-hydrogen) atoms. The van der Waals surface area contributed by atoms with Crippen molar-refractivity contribution in [2.45, 2.75) is 42.6 Å². The Labute approximate surface area is 209 Å². The number of ether oxygens (including phenoxy) is 3. The highest BCUT2D eigenvalue weighted by atomic mass is 32.2. The number of para-hydroxylation sites is 1. The molecular formula is C25H31N3O6S. The summed E-state index contributed by atoms with van der Waals surface area (Å²) in [6.07, 6.45) is 0. The van der Waals surface area contributed by atoms with Crippen LogP contribution in [0.3, 0.4) is 0 Å². The highest BCUT2D eigenvalue weighted by molar-refractivity contribution is 8.01. The van der Waals surface area contributed by atoms with Gasteiger partial charge in [0.15, 0.2) is 6.61 Å². The van der Waals surface area contributed by atoms with Crippen molar-refractivity contribution in [1.82, 2.24) is 16.0 Å². The lowest BCUT2D eigenvalue weighted by molar-refractivity contribution is -0.143. The molecule has 2 aromatic carbocycles. The predicted molar refractivity (Wildman–Crippen MR) is 133 cm³/mol. The third kappa shape index (κ3) is 7.12. The van der Waals surface area contributed by atoms with Gasteiger partial charge in [-0.25, -0.2) is 0 Å². The molecule has 3 atom stereocenters. The molecule has 1 fully saturated rings. The third-order valence-electron chi connectivity index (χ3n) is 5.53. The summed E-state index contributed by atoms with van der Waals surface area (Å²) in [5, 5.41) is 8.24. The monoisotopic (exact) mass is 501 g/mol. The van der Waals surface area contributed by atoms with Crippen molar-refractivity contribution in [3.63, 3.8) is 0 Å². The zero-order valence-corrected chi connectivity index (χ0v) is 21.0. The highest BCUT2D eigenvalue weighted by Gasteiger charge is 2.49. The first-order valence-corrected chi connectivity index (χ1v) is 12.0. The topological polar surface area (TPSA) is 115 Å². The van der Waals surface area contributed by atoms with E-state index in [1.54, 1.807) is 43.5 Å². The molecule has 10 heteroatoms. The van der Waals surface area contributed by atoms with E-state index in [0.717, 1.165) is 5.56 Å². The summed E-state index contributed by atoms with van der Waals surface area (Å²) in [4.78, 5) is 38.2. The number of hydrogen-bond acceptors (Lipinski definition) is 8. The Kier molecular flexibility index (Phi) is 9.00. The van der Waals surface area contributed by atoms with Crippen molar-refractivity contribution in [1.29, 1.82) is 0 Å². The SMILES string of the molecule is COC(=O)C1N[C@@H]([C@@H](NC(=O)COc2ccccc2)C(=O)NCc2ccc(OC)cc2)SC1(C)C. The highest BCUT2D eigenvalue weighted by Crippen LogP contribution is 2.39. The molecular weight excluding hydrogens is 470 g/mol. The minimum Gasteiger partial charge on any atom is -0.497 e. The molecule has 0 aromatic heterocycles. The molecule has 1 aliphatic heterocycles. The van der Waals surface area contributed by atoms with Crippen LogP contribution in [0.1, 0.15) is 19.4 Å². The zero-order chi connectivity index (χ0) is 25.4. The second-order valence-corrected chi connectivity index (χ2v) is 10.3. The Hall–Kier alpha value is -3.24. The number of methoxy groups -OCH3 is 2. The lowest BCUT2D eigenvalue weighted by Crippen LogP contribution is -2.57. The Morgan fingerprint density at radius 2 is 1.71 bits per heavy atom. The minimum atomic E-state index is -0.959. The molecule has 9 nitrogen and oxygen atoms in total. The van der Waals surface area contributed by atoms with Crippen LogP contribution in [-0.4, -0.2) is 60.8 Å². The first-order chi connectivity index (χ1) is 16.7. The normalized spacial score (nSPS) is 19.3. The fourth-order valence-corrected chi connectivity index (χ4v) is 5.12. The average Bonchev–Trinajstić information content (AvgIpc) is 3.19. The van der Waals surface area contributed by atoms with Gasteiger partial charge in [0, 0.05) is 11.3 Å². The van der Waals surface area contributed by atoms with Crippen LogP contribution < -0.4 is 25.4 Å². The number of benzene rings is 2. The van der Waals surface area contributed by atoms with Crippen LogP contribution in [-0.2, 0) is 25.7 Å². The molecule has 3 N–H and O–H groups in total. The molecule has 0 spiro atoms. The van der Waals surface area contributed by atoms with Gasteiger partial charge < -0.3 is 24.8 Å². The average molecular weight is 502 g/mol. The van der Waals surface area contributed by atoms with Gasteiger partial charge in [-0.05, 0) is 43.7 Å². The summed E-state index contributed by atoms with van der Waals surface area (Å²) in [5.74, 6) is -0.0174. The Balaban J connectivity index is 1.70. The van der Waals surface area contributed by atoms with Crippen LogP contribution >= 0.6 is 11.8 Å². The van der Waals surface area contributed by atoms with Crippen LogP contribution in [0.4, 0.5) is 0 Å². The van der Waals surface area contributed by atoms with Crippen LogP contribution in [0.5, 0.6) is 11.5 Å². The van der Waals surface area contributed by atoms with E-state index >= 15 is 0 Å². The van der Waals surface area contributed by atoms with Crippen molar-refractivity contribution >= 4 is 29.5 Å². The molecule has 1 aliphatic rings. The number of carbonyl (C=O) groups excluding carboxylic acids is 3. The van der Waals surface area contributed by atoms with Gasteiger partial charge in [-0.1, -0.05) is 30.3 Å². The molecule has 1 unspecified atom stereocenters. The van der Waals surface area contributed by atoms with Crippen LogP contribution in [0.15, 0.2) is 54.6 Å². The van der Waals surface area contributed by atoms with Crippen LogP contribution in [0, 0.1) is 0 Å². The standard InChI is InChI=1S/C25H31N3O6S/c1-25(2)21(24(31)33-4)28-23(35-25)20(27-19(29)15-34-18-8-6-5-7-9-18)22(30)26-14-16-10-12-17(32-3)13-11-16/h5-13,20-21,23,28H,14-15H2,1-4H3,(H,26,30)(H,27,29)/t20-,21?,23+/m0/s1. The molecule has 188 valence electrons. The van der Waals surface area contributed by atoms with Crippen LogP contribution in [0.25, 0.3) is 0 Å². The van der Waals surface area contributed by atoms with E-state index < -0.39 is 34.1 Å². The minimum absolute atomic E-state index is 0.256. The zero-order valence-electron chi connectivity index (χ0n) is 20.2. The summed E-state index contributed by atoms with van der Waals surface area (Å²) >= 11 is 1.39. The lowest BCUT2D eigenvalue weighted by Gasteiger charge is -2.25. The molecule has 0 bridgehead atoms. The molecule has 2 aromatic rings. The van der Waals surface area contributed by atoms with Gasteiger partial charge in [0.2, 0.25) is 5.91 Å². The van der Waals surface area contributed by atoms with Crippen molar-refractivity contribution in [3.05, 3.63) is 60.2 Å². The van der Waals surface area contributed by atoms with E-state index in [0.29, 0.717) is 11.5 Å². The molecule has 1 heterocycles. The Bertz CT molecular complexity index is 1020. The number of carbonyl (C=O) groups is 3. The number of hydrogen-bond donors (Lipinski definition) is 3. The van der Waals surface area contributed by atoms with Gasteiger partial charge in [-0.15, -0.1) is 11.8 Å².